The molecule has 1 saturated heterocycles. The average Bonchev–Trinajstić information content (AvgIpc) is 2.67. The van der Waals surface area contributed by atoms with Gasteiger partial charge in [0.15, 0.2) is 0 Å². The summed E-state index contributed by atoms with van der Waals surface area (Å²) in [4.78, 5) is 17.0. The Bertz CT molecular complexity index is 760. The van der Waals surface area contributed by atoms with Crippen LogP contribution in [0, 0.1) is 19.8 Å². The van der Waals surface area contributed by atoms with Crippen molar-refractivity contribution in [2.45, 2.75) is 46.6 Å². The third kappa shape index (κ3) is 5.28. The topological polar surface area (TPSA) is 32.8 Å². The van der Waals surface area contributed by atoms with Gasteiger partial charge in [0, 0.05) is 31.0 Å². The van der Waals surface area contributed by atoms with Gasteiger partial charge in [0.05, 0.1) is 6.10 Å². The standard InChI is InChI=1S/C24H32N2O2/c1-18(2)28-24(27)26(23-11-7-20(4)8-12-23)17-21-13-15-25(16-14-21)22-9-5-19(3)6-10-22/h5-12,18,21H,13-17H2,1-4H3. The van der Waals surface area contributed by atoms with Gasteiger partial charge in [-0.2, -0.15) is 0 Å². The Hall–Kier alpha value is -2.49. The summed E-state index contributed by atoms with van der Waals surface area (Å²) in [7, 11) is 0. The molecule has 0 saturated carbocycles. The van der Waals surface area contributed by atoms with Gasteiger partial charge < -0.3 is 9.64 Å². The molecular weight excluding hydrogens is 348 g/mol. The van der Waals surface area contributed by atoms with Gasteiger partial charge in [0.1, 0.15) is 0 Å². The number of hydrogen-bond acceptors (Lipinski definition) is 3. The van der Waals surface area contributed by atoms with Crippen LogP contribution in [-0.4, -0.2) is 31.8 Å². The van der Waals surface area contributed by atoms with Crippen molar-refractivity contribution in [2.75, 3.05) is 29.4 Å². The van der Waals surface area contributed by atoms with E-state index in [-0.39, 0.29) is 12.2 Å². The van der Waals surface area contributed by atoms with Gasteiger partial charge in [0.25, 0.3) is 0 Å². The molecule has 0 N–H and O–H groups in total. The summed E-state index contributed by atoms with van der Waals surface area (Å²) in [6, 6.07) is 16.9. The van der Waals surface area contributed by atoms with Crippen molar-refractivity contribution in [3.05, 3.63) is 59.7 Å². The first-order valence-corrected chi connectivity index (χ1v) is 10.3. The SMILES string of the molecule is Cc1ccc(N2CCC(CN(C(=O)OC(C)C)c3ccc(C)cc3)CC2)cc1. The lowest BCUT2D eigenvalue weighted by molar-refractivity contribution is 0.121. The van der Waals surface area contributed by atoms with E-state index in [4.69, 9.17) is 4.74 Å². The number of anilines is 2. The largest absolute Gasteiger partial charge is 0.446 e. The van der Waals surface area contributed by atoms with Gasteiger partial charge in [-0.05, 0) is 70.7 Å². The van der Waals surface area contributed by atoms with E-state index in [1.54, 1.807) is 0 Å². The molecule has 28 heavy (non-hydrogen) atoms. The van der Waals surface area contributed by atoms with E-state index < -0.39 is 0 Å². The van der Waals surface area contributed by atoms with Gasteiger partial charge in [-0.25, -0.2) is 4.79 Å². The van der Waals surface area contributed by atoms with E-state index in [0.717, 1.165) is 31.6 Å². The fourth-order valence-electron chi connectivity index (χ4n) is 3.66. The van der Waals surface area contributed by atoms with E-state index in [9.17, 15) is 4.79 Å². The number of rotatable bonds is 5. The Labute approximate surface area is 169 Å². The van der Waals surface area contributed by atoms with E-state index >= 15 is 0 Å². The molecule has 4 heteroatoms. The molecular formula is C24H32N2O2. The lowest BCUT2D eigenvalue weighted by atomic mass is 9.95. The predicted molar refractivity (Wildman–Crippen MR) is 116 cm³/mol. The summed E-state index contributed by atoms with van der Waals surface area (Å²) in [5.74, 6) is 0.475. The fraction of sp³-hybridized carbons (Fsp3) is 0.458. The number of amides is 1. The summed E-state index contributed by atoms with van der Waals surface area (Å²) >= 11 is 0. The highest BCUT2D eigenvalue weighted by atomic mass is 16.6. The molecule has 2 aromatic rings. The molecule has 1 amide bonds. The van der Waals surface area contributed by atoms with Crippen molar-refractivity contribution in [2.24, 2.45) is 5.92 Å². The normalized spacial score (nSPS) is 15.0. The molecule has 0 spiro atoms. The van der Waals surface area contributed by atoms with E-state index in [2.05, 4.69) is 43.0 Å². The quantitative estimate of drug-likeness (QED) is 0.680. The molecule has 0 aromatic heterocycles. The number of hydrogen-bond donors (Lipinski definition) is 0. The smallest absolute Gasteiger partial charge is 0.414 e. The van der Waals surface area contributed by atoms with Crippen LogP contribution in [0.15, 0.2) is 48.5 Å². The van der Waals surface area contributed by atoms with Gasteiger partial charge in [-0.3, -0.25) is 4.90 Å². The Morgan fingerprint density at radius 1 is 1.00 bits per heavy atom. The molecule has 3 rings (SSSR count). The number of carbonyl (C=O) groups excluding carboxylic acids is 1. The minimum Gasteiger partial charge on any atom is -0.446 e. The zero-order chi connectivity index (χ0) is 20.1. The molecule has 1 heterocycles. The summed E-state index contributed by atoms with van der Waals surface area (Å²) in [6.45, 7) is 10.7. The van der Waals surface area contributed by atoms with Crippen LogP contribution in [0.3, 0.4) is 0 Å². The van der Waals surface area contributed by atoms with Crippen LogP contribution < -0.4 is 9.80 Å². The van der Waals surface area contributed by atoms with Gasteiger partial charge in [0.2, 0.25) is 0 Å². The highest BCUT2D eigenvalue weighted by Gasteiger charge is 2.26. The number of carbonyl (C=O) groups is 1. The van der Waals surface area contributed by atoms with Crippen LogP contribution >= 0.6 is 0 Å². The highest BCUT2D eigenvalue weighted by Crippen LogP contribution is 2.26. The molecule has 1 aliphatic rings. The summed E-state index contributed by atoms with van der Waals surface area (Å²) in [6.07, 6.45) is 1.78. The fourth-order valence-corrected chi connectivity index (χ4v) is 3.66. The van der Waals surface area contributed by atoms with Crippen LogP contribution in [0.25, 0.3) is 0 Å². The highest BCUT2D eigenvalue weighted by molar-refractivity contribution is 5.87. The van der Waals surface area contributed by atoms with Gasteiger partial charge >= 0.3 is 6.09 Å². The van der Waals surface area contributed by atoms with Gasteiger partial charge in [-0.15, -0.1) is 0 Å². The van der Waals surface area contributed by atoms with Crippen LogP contribution in [-0.2, 0) is 4.74 Å². The molecule has 1 fully saturated rings. The zero-order valence-electron chi connectivity index (χ0n) is 17.5. The Morgan fingerprint density at radius 2 is 1.54 bits per heavy atom. The second-order valence-corrected chi connectivity index (χ2v) is 8.14. The molecule has 0 aliphatic carbocycles. The Kier molecular flexibility index (Phi) is 6.61. The Balaban J connectivity index is 1.65. The third-order valence-electron chi connectivity index (χ3n) is 5.36. The Morgan fingerprint density at radius 3 is 2.07 bits per heavy atom. The van der Waals surface area contributed by atoms with Crippen LogP contribution in [0.1, 0.15) is 37.8 Å². The maximum atomic E-state index is 12.7. The van der Waals surface area contributed by atoms with Crippen molar-refractivity contribution in [3.63, 3.8) is 0 Å². The lowest BCUT2D eigenvalue weighted by Crippen LogP contribution is -2.42. The number of piperidine rings is 1. The monoisotopic (exact) mass is 380 g/mol. The van der Waals surface area contributed by atoms with Crippen molar-refractivity contribution in [1.82, 2.24) is 0 Å². The lowest BCUT2D eigenvalue weighted by Gasteiger charge is -2.36. The second-order valence-electron chi connectivity index (χ2n) is 8.14. The number of ether oxygens (including phenoxy) is 1. The first kappa shape index (κ1) is 20.2. The molecule has 1 aliphatic heterocycles. The van der Waals surface area contributed by atoms with Crippen LogP contribution in [0.4, 0.5) is 16.2 Å². The number of aryl methyl sites for hydroxylation is 2. The van der Waals surface area contributed by atoms with Gasteiger partial charge in [-0.1, -0.05) is 35.4 Å². The summed E-state index contributed by atoms with van der Waals surface area (Å²) in [5, 5.41) is 0. The van der Waals surface area contributed by atoms with E-state index in [1.165, 1.54) is 16.8 Å². The van der Waals surface area contributed by atoms with Crippen molar-refractivity contribution in [1.29, 1.82) is 0 Å². The van der Waals surface area contributed by atoms with E-state index in [0.29, 0.717) is 12.5 Å². The summed E-state index contributed by atoms with van der Waals surface area (Å²) < 4.78 is 5.52. The van der Waals surface area contributed by atoms with Crippen molar-refractivity contribution in [3.8, 4) is 0 Å². The molecule has 0 atom stereocenters. The van der Waals surface area contributed by atoms with Crippen molar-refractivity contribution < 1.29 is 9.53 Å². The number of benzene rings is 2. The summed E-state index contributed by atoms with van der Waals surface area (Å²) in [5.41, 5.74) is 4.68. The molecule has 0 bridgehead atoms. The minimum absolute atomic E-state index is 0.121. The van der Waals surface area contributed by atoms with E-state index in [1.807, 2.05) is 43.0 Å². The van der Waals surface area contributed by atoms with Crippen LogP contribution in [0.2, 0.25) is 0 Å². The molecule has 150 valence electrons. The van der Waals surface area contributed by atoms with Crippen molar-refractivity contribution >= 4 is 17.5 Å². The minimum atomic E-state index is -0.250. The maximum Gasteiger partial charge on any atom is 0.414 e. The predicted octanol–water partition coefficient (Wildman–Crippen LogP) is 5.57. The van der Waals surface area contributed by atoms with Crippen LogP contribution in [0.5, 0.6) is 0 Å². The molecule has 4 nitrogen and oxygen atoms in total. The second kappa shape index (κ2) is 9.13. The molecule has 2 aromatic carbocycles. The average molecular weight is 381 g/mol. The first-order valence-electron chi connectivity index (χ1n) is 10.3. The first-order chi connectivity index (χ1) is 13.4. The third-order valence-corrected chi connectivity index (χ3v) is 5.36. The molecule has 0 radical (unpaired) electrons. The zero-order valence-corrected chi connectivity index (χ0v) is 17.5. The molecule has 0 unspecified atom stereocenters. The maximum absolute atomic E-state index is 12.7. The number of nitrogens with zero attached hydrogens (tertiary/aromatic N) is 2.